The first-order valence-corrected chi connectivity index (χ1v) is 8.53. The molecule has 5 heteroatoms. The number of cyclic esters (lactones) is 1. The zero-order valence-corrected chi connectivity index (χ0v) is 15.3. The molecule has 2 aromatic carbocycles. The topological polar surface area (TPSA) is 56.8 Å². The molecule has 2 aliphatic rings. The van der Waals surface area contributed by atoms with Gasteiger partial charge in [0.15, 0.2) is 0 Å². The van der Waals surface area contributed by atoms with Crippen LogP contribution in [-0.2, 0) is 9.53 Å². The minimum Gasteiger partial charge on any atom is -0.497 e. The van der Waals surface area contributed by atoms with Crippen LogP contribution in [-0.4, -0.2) is 26.8 Å². The molecule has 0 saturated carbocycles. The normalized spacial score (nSPS) is 18.0. The second-order valence-corrected chi connectivity index (χ2v) is 6.72. The number of carbonyl (C=O) groups excluding carboxylic acids is 1. The number of ether oxygens (including phenoxy) is 3. The monoisotopic (exact) mass is 351 g/mol. The summed E-state index contributed by atoms with van der Waals surface area (Å²) >= 11 is 0. The zero-order valence-electron chi connectivity index (χ0n) is 15.3. The molecule has 0 amide bonds. The van der Waals surface area contributed by atoms with E-state index in [1.165, 1.54) is 5.56 Å². The number of hydrogen-bond donors (Lipinski definition) is 1. The first kappa shape index (κ1) is 16.5. The number of esters is 1. The highest BCUT2D eigenvalue weighted by Gasteiger charge is 2.39. The van der Waals surface area contributed by atoms with Crippen molar-refractivity contribution in [1.82, 2.24) is 0 Å². The van der Waals surface area contributed by atoms with Crippen molar-refractivity contribution < 1.29 is 19.0 Å². The van der Waals surface area contributed by atoms with Gasteiger partial charge in [-0.15, -0.1) is 0 Å². The van der Waals surface area contributed by atoms with Gasteiger partial charge in [-0.25, -0.2) is 4.79 Å². The van der Waals surface area contributed by atoms with E-state index in [2.05, 4.69) is 31.3 Å². The van der Waals surface area contributed by atoms with Crippen LogP contribution in [0.15, 0.2) is 41.6 Å². The molecule has 26 heavy (non-hydrogen) atoms. The molecule has 4 rings (SSSR count). The van der Waals surface area contributed by atoms with E-state index in [0.29, 0.717) is 17.1 Å². The Bertz CT molecular complexity index is 923. The van der Waals surface area contributed by atoms with Crippen LogP contribution in [0.5, 0.6) is 11.5 Å². The van der Waals surface area contributed by atoms with E-state index in [-0.39, 0.29) is 18.5 Å². The SMILES string of the molecule is COc1cc(OC)cc(C2C3=C(COC3=O)Nc3cc(C)cc(C)c32)c1. The van der Waals surface area contributed by atoms with Crippen molar-refractivity contribution in [3.8, 4) is 11.5 Å². The molecule has 1 N–H and O–H groups in total. The summed E-state index contributed by atoms with van der Waals surface area (Å²) < 4.78 is 16.2. The second-order valence-electron chi connectivity index (χ2n) is 6.72. The van der Waals surface area contributed by atoms with Crippen LogP contribution in [0.2, 0.25) is 0 Å². The summed E-state index contributed by atoms with van der Waals surface area (Å²) in [4.78, 5) is 12.5. The summed E-state index contributed by atoms with van der Waals surface area (Å²) in [6, 6.07) is 9.99. The maximum Gasteiger partial charge on any atom is 0.337 e. The van der Waals surface area contributed by atoms with Crippen LogP contribution >= 0.6 is 0 Å². The molecule has 0 aromatic heterocycles. The lowest BCUT2D eigenvalue weighted by molar-refractivity contribution is -0.136. The molecule has 2 heterocycles. The maximum absolute atomic E-state index is 12.5. The fourth-order valence-corrected chi connectivity index (χ4v) is 3.91. The molecule has 1 atom stereocenters. The van der Waals surface area contributed by atoms with Crippen LogP contribution in [0.3, 0.4) is 0 Å². The number of methoxy groups -OCH3 is 2. The average molecular weight is 351 g/mol. The minimum absolute atomic E-state index is 0.221. The number of fused-ring (bicyclic) bond motifs is 1. The molecular weight excluding hydrogens is 330 g/mol. The fraction of sp³-hybridized carbons (Fsp3) is 0.286. The summed E-state index contributed by atoms with van der Waals surface area (Å²) in [5.74, 6) is 0.890. The highest BCUT2D eigenvalue weighted by molar-refractivity contribution is 5.97. The van der Waals surface area contributed by atoms with Crippen molar-refractivity contribution >= 4 is 11.7 Å². The zero-order chi connectivity index (χ0) is 18.4. The third-order valence-electron chi connectivity index (χ3n) is 4.99. The van der Waals surface area contributed by atoms with Crippen molar-refractivity contribution in [2.24, 2.45) is 0 Å². The Hall–Kier alpha value is -2.95. The predicted octanol–water partition coefficient (Wildman–Crippen LogP) is 3.69. The number of anilines is 1. The lowest BCUT2D eigenvalue weighted by Crippen LogP contribution is -2.21. The Morgan fingerprint density at radius 3 is 2.38 bits per heavy atom. The van der Waals surface area contributed by atoms with Crippen LogP contribution in [0.4, 0.5) is 5.69 Å². The molecule has 5 nitrogen and oxygen atoms in total. The molecule has 2 aliphatic heterocycles. The van der Waals surface area contributed by atoms with E-state index in [1.54, 1.807) is 14.2 Å². The van der Waals surface area contributed by atoms with Gasteiger partial charge in [0.05, 0.1) is 25.5 Å². The van der Waals surface area contributed by atoms with E-state index in [1.807, 2.05) is 18.2 Å². The van der Waals surface area contributed by atoms with E-state index < -0.39 is 0 Å². The van der Waals surface area contributed by atoms with Gasteiger partial charge in [0.2, 0.25) is 0 Å². The van der Waals surface area contributed by atoms with Gasteiger partial charge >= 0.3 is 5.97 Å². The first-order chi connectivity index (χ1) is 12.5. The van der Waals surface area contributed by atoms with Crippen molar-refractivity contribution in [2.75, 3.05) is 26.1 Å². The van der Waals surface area contributed by atoms with Crippen LogP contribution in [0, 0.1) is 13.8 Å². The van der Waals surface area contributed by atoms with Crippen LogP contribution in [0.1, 0.15) is 28.2 Å². The van der Waals surface area contributed by atoms with Crippen molar-refractivity contribution in [3.63, 3.8) is 0 Å². The number of rotatable bonds is 3. The van der Waals surface area contributed by atoms with Gasteiger partial charge < -0.3 is 19.5 Å². The maximum atomic E-state index is 12.5. The molecule has 0 fully saturated rings. The summed E-state index contributed by atoms with van der Waals surface area (Å²) in [6.45, 7) is 4.42. The third-order valence-corrected chi connectivity index (χ3v) is 4.99. The third kappa shape index (κ3) is 2.51. The Morgan fingerprint density at radius 2 is 1.73 bits per heavy atom. The fourth-order valence-electron chi connectivity index (χ4n) is 3.91. The standard InChI is InChI=1S/C21H21NO4/c1-11-5-12(2)18-16(6-11)22-17-10-26-21(23)20(17)19(18)13-7-14(24-3)9-15(8-13)25-4/h5-9,19,22H,10H2,1-4H3. The molecule has 0 aliphatic carbocycles. The Kier molecular flexibility index (Phi) is 3.87. The largest absolute Gasteiger partial charge is 0.497 e. The van der Waals surface area contributed by atoms with E-state index >= 15 is 0 Å². The lowest BCUT2D eigenvalue weighted by atomic mass is 9.78. The summed E-state index contributed by atoms with van der Waals surface area (Å²) in [5.41, 5.74) is 6.85. The summed E-state index contributed by atoms with van der Waals surface area (Å²) in [6.07, 6.45) is 0. The number of aryl methyl sites for hydroxylation is 2. The molecule has 0 bridgehead atoms. The van der Waals surface area contributed by atoms with E-state index in [9.17, 15) is 4.79 Å². The van der Waals surface area contributed by atoms with Crippen molar-refractivity contribution in [3.05, 3.63) is 63.9 Å². The van der Waals surface area contributed by atoms with Crippen LogP contribution < -0.4 is 14.8 Å². The molecule has 2 aromatic rings. The highest BCUT2D eigenvalue weighted by Crippen LogP contribution is 2.47. The molecule has 134 valence electrons. The Balaban J connectivity index is 1.98. The van der Waals surface area contributed by atoms with Crippen molar-refractivity contribution in [2.45, 2.75) is 19.8 Å². The van der Waals surface area contributed by atoms with Gasteiger partial charge in [-0.3, -0.25) is 0 Å². The minimum atomic E-state index is -0.273. The Labute approximate surface area is 152 Å². The Morgan fingerprint density at radius 1 is 1.04 bits per heavy atom. The van der Waals surface area contributed by atoms with Crippen molar-refractivity contribution in [1.29, 1.82) is 0 Å². The molecule has 0 saturated heterocycles. The first-order valence-electron chi connectivity index (χ1n) is 8.53. The van der Waals surface area contributed by atoms with Gasteiger partial charge in [0.25, 0.3) is 0 Å². The predicted molar refractivity (Wildman–Crippen MR) is 98.9 cm³/mol. The van der Waals surface area contributed by atoms with Gasteiger partial charge in [-0.1, -0.05) is 6.07 Å². The quantitative estimate of drug-likeness (QED) is 0.855. The molecule has 0 radical (unpaired) electrons. The summed E-state index contributed by atoms with van der Waals surface area (Å²) in [5, 5.41) is 3.40. The lowest BCUT2D eigenvalue weighted by Gasteiger charge is -2.29. The van der Waals surface area contributed by atoms with Gasteiger partial charge in [-0.05, 0) is 54.3 Å². The van der Waals surface area contributed by atoms with E-state index in [0.717, 1.165) is 28.1 Å². The number of nitrogens with one attached hydrogen (secondary N) is 1. The molecule has 1 unspecified atom stereocenters. The smallest absolute Gasteiger partial charge is 0.337 e. The van der Waals surface area contributed by atoms with Gasteiger partial charge in [0, 0.05) is 17.7 Å². The molecule has 0 spiro atoms. The highest BCUT2D eigenvalue weighted by atomic mass is 16.5. The number of hydrogen-bond acceptors (Lipinski definition) is 5. The van der Waals surface area contributed by atoms with E-state index in [4.69, 9.17) is 14.2 Å². The number of carbonyl (C=O) groups is 1. The summed E-state index contributed by atoms with van der Waals surface area (Å²) in [7, 11) is 3.25. The number of benzene rings is 2. The molecular formula is C21H21NO4. The second kappa shape index (κ2) is 6.09. The van der Waals surface area contributed by atoms with Gasteiger partial charge in [-0.2, -0.15) is 0 Å². The van der Waals surface area contributed by atoms with Crippen LogP contribution in [0.25, 0.3) is 0 Å². The van der Waals surface area contributed by atoms with Gasteiger partial charge in [0.1, 0.15) is 18.1 Å². The average Bonchev–Trinajstić information content (AvgIpc) is 2.99.